The van der Waals surface area contributed by atoms with E-state index >= 15 is 0 Å². The second-order valence-electron chi connectivity index (χ2n) is 18.2. The molecule has 0 radical (unpaired) electrons. The lowest BCUT2D eigenvalue weighted by Crippen LogP contribution is -2.37. The number of nitrogens with zero attached hydrogens (tertiary/aromatic N) is 1. The van der Waals surface area contributed by atoms with E-state index in [1.165, 1.54) is 180 Å². The summed E-state index contributed by atoms with van der Waals surface area (Å²) in [5, 5.41) is 0. The molecule has 0 aliphatic heterocycles. The summed E-state index contributed by atoms with van der Waals surface area (Å²) in [6.07, 6.45) is 42.7. The average molecular weight is 846 g/mol. The number of carbonyl (C=O) groups is 2. The highest BCUT2D eigenvalue weighted by Gasteiger charge is 2.21. The molecule has 0 aromatic heterocycles. The largest absolute Gasteiger partial charge is 0.756 e. The minimum Gasteiger partial charge on any atom is -0.756 e. The second-order valence-corrected chi connectivity index (χ2v) is 19.6. The predicted octanol–water partition coefficient (Wildman–Crippen LogP) is 13.7. The van der Waals surface area contributed by atoms with Crippen LogP contribution in [0.5, 0.6) is 0 Å². The molecule has 0 saturated heterocycles. The van der Waals surface area contributed by atoms with Gasteiger partial charge in [0.1, 0.15) is 19.8 Å². The van der Waals surface area contributed by atoms with Gasteiger partial charge in [-0.25, -0.2) is 0 Å². The third-order valence-corrected chi connectivity index (χ3v) is 12.1. The molecule has 2 unspecified atom stereocenters. The van der Waals surface area contributed by atoms with E-state index in [0.717, 1.165) is 32.1 Å². The molecule has 0 aliphatic rings. The summed E-state index contributed by atoms with van der Waals surface area (Å²) in [6, 6.07) is 0. The Morgan fingerprint density at radius 2 is 0.776 bits per heavy atom. The lowest BCUT2D eigenvalue weighted by atomic mass is 10.0. The Morgan fingerprint density at radius 3 is 1.10 bits per heavy atom. The summed E-state index contributed by atoms with van der Waals surface area (Å²) in [5.41, 5.74) is 0. The molecule has 0 heterocycles. The van der Waals surface area contributed by atoms with E-state index in [1.807, 2.05) is 21.1 Å². The number of ether oxygens (including phenoxy) is 2. The zero-order valence-electron chi connectivity index (χ0n) is 39.0. The van der Waals surface area contributed by atoms with Crippen LogP contribution in [-0.4, -0.2) is 70.0 Å². The number of hydrogen-bond acceptors (Lipinski definition) is 8. The molecule has 58 heavy (non-hydrogen) atoms. The normalized spacial score (nSPS) is 13.4. The quantitative estimate of drug-likeness (QED) is 0.0258. The van der Waals surface area contributed by atoms with Gasteiger partial charge in [-0.3, -0.25) is 14.2 Å². The standard InChI is InChI=1S/C48H96NO8P/c1-6-8-10-12-14-16-18-20-22-23-24-25-26-27-29-31-33-35-37-39-41-48(51)57-46(45-56-58(52,53)55-43-42-49(3,4)5)44-54-47(50)40-38-36-34-32-30-28-21-19-17-15-13-11-9-7-2/h46H,6-45H2,1-5H3. The summed E-state index contributed by atoms with van der Waals surface area (Å²) in [6.45, 7) is 4.28. The molecule has 0 rings (SSSR count). The molecule has 10 heteroatoms. The van der Waals surface area contributed by atoms with E-state index in [4.69, 9.17) is 18.5 Å². The van der Waals surface area contributed by atoms with E-state index in [9.17, 15) is 19.0 Å². The van der Waals surface area contributed by atoms with Gasteiger partial charge >= 0.3 is 11.9 Å². The molecule has 0 spiro atoms. The molecule has 0 saturated carbocycles. The number of likely N-dealkylation sites (N-methyl/N-ethyl adjacent to an activating group) is 1. The summed E-state index contributed by atoms with van der Waals surface area (Å²) < 4.78 is 34.0. The fourth-order valence-corrected chi connectivity index (χ4v) is 7.97. The van der Waals surface area contributed by atoms with E-state index < -0.39 is 26.5 Å². The van der Waals surface area contributed by atoms with Crippen molar-refractivity contribution in [3.63, 3.8) is 0 Å². The molecular formula is C48H96NO8P. The van der Waals surface area contributed by atoms with E-state index in [1.54, 1.807) is 0 Å². The topological polar surface area (TPSA) is 111 Å². The summed E-state index contributed by atoms with van der Waals surface area (Å²) in [4.78, 5) is 37.6. The molecule has 0 bridgehead atoms. The highest BCUT2D eigenvalue weighted by atomic mass is 31.2. The first-order valence-corrected chi connectivity index (χ1v) is 26.2. The number of carbonyl (C=O) groups excluding carboxylic acids is 2. The Morgan fingerprint density at radius 1 is 0.466 bits per heavy atom. The predicted molar refractivity (Wildman–Crippen MR) is 241 cm³/mol. The van der Waals surface area contributed by atoms with Crippen LogP contribution < -0.4 is 4.89 Å². The zero-order chi connectivity index (χ0) is 42.8. The lowest BCUT2D eigenvalue weighted by Gasteiger charge is -2.28. The number of phosphoric acid groups is 1. The van der Waals surface area contributed by atoms with Crippen LogP contribution >= 0.6 is 7.82 Å². The molecule has 346 valence electrons. The van der Waals surface area contributed by atoms with E-state index in [2.05, 4.69) is 13.8 Å². The van der Waals surface area contributed by atoms with Gasteiger partial charge in [0.2, 0.25) is 0 Å². The van der Waals surface area contributed by atoms with Crippen molar-refractivity contribution in [3.8, 4) is 0 Å². The number of quaternary nitrogens is 1. The number of phosphoric ester groups is 1. The first-order chi connectivity index (χ1) is 28.0. The third-order valence-electron chi connectivity index (χ3n) is 11.1. The van der Waals surface area contributed by atoms with Gasteiger partial charge in [-0.2, -0.15) is 0 Å². The Labute approximate surface area is 359 Å². The van der Waals surface area contributed by atoms with Crippen LogP contribution in [0.15, 0.2) is 0 Å². The van der Waals surface area contributed by atoms with Crippen LogP contribution in [0.4, 0.5) is 0 Å². The van der Waals surface area contributed by atoms with Gasteiger partial charge in [0.25, 0.3) is 7.82 Å². The van der Waals surface area contributed by atoms with Gasteiger partial charge in [0, 0.05) is 12.8 Å². The maximum Gasteiger partial charge on any atom is 0.306 e. The molecule has 0 aromatic rings. The molecule has 9 nitrogen and oxygen atoms in total. The molecule has 0 aromatic carbocycles. The summed E-state index contributed by atoms with van der Waals surface area (Å²) in [5.74, 6) is -0.815. The van der Waals surface area contributed by atoms with Gasteiger partial charge in [-0.15, -0.1) is 0 Å². The Kier molecular flexibility index (Phi) is 40.7. The number of unbranched alkanes of at least 4 members (excludes halogenated alkanes) is 32. The number of rotatable bonds is 46. The summed E-state index contributed by atoms with van der Waals surface area (Å²) >= 11 is 0. The minimum atomic E-state index is -4.62. The molecule has 0 fully saturated rings. The maximum atomic E-state index is 12.7. The van der Waals surface area contributed by atoms with Crippen molar-refractivity contribution in [2.75, 3.05) is 47.5 Å². The van der Waals surface area contributed by atoms with Crippen LogP contribution in [0, 0.1) is 0 Å². The van der Waals surface area contributed by atoms with Crippen molar-refractivity contribution in [1.82, 2.24) is 0 Å². The fraction of sp³-hybridized carbons (Fsp3) is 0.958. The van der Waals surface area contributed by atoms with Crippen molar-refractivity contribution >= 4 is 19.8 Å². The average Bonchev–Trinajstić information content (AvgIpc) is 3.17. The first kappa shape index (κ1) is 57.0. The van der Waals surface area contributed by atoms with Crippen LogP contribution in [-0.2, 0) is 32.7 Å². The second kappa shape index (κ2) is 41.4. The lowest BCUT2D eigenvalue weighted by molar-refractivity contribution is -0.870. The molecular weight excluding hydrogens is 750 g/mol. The van der Waals surface area contributed by atoms with Crippen LogP contribution in [0.2, 0.25) is 0 Å². The first-order valence-electron chi connectivity index (χ1n) is 24.7. The van der Waals surface area contributed by atoms with Gasteiger partial charge in [-0.05, 0) is 12.8 Å². The van der Waals surface area contributed by atoms with Crippen molar-refractivity contribution in [1.29, 1.82) is 0 Å². The van der Waals surface area contributed by atoms with E-state index in [0.29, 0.717) is 17.4 Å². The Bertz CT molecular complexity index is 958. The molecule has 0 N–H and O–H groups in total. The van der Waals surface area contributed by atoms with Crippen LogP contribution in [0.1, 0.15) is 245 Å². The molecule has 0 amide bonds. The van der Waals surface area contributed by atoms with E-state index in [-0.39, 0.29) is 32.0 Å². The third kappa shape index (κ3) is 44.6. The van der Waals surface area contributed by atoms with Gasteiger partial charge < -0.3 is 27.9 Å². The fourth-order valence-electron chi connectivity index (χ4n) is 7.25. The SMILES string of the molecule is CCCCCCCCCCCCCCCCCCCCCCC(=O)OC(COC(=O)CCCCCCCCCCCCCCCC)COP(=O)([O-])OCC[N+](C)(C)C. The van der Waals surface area contributed by atoms with Crippen molar-refractivity contribution in [2.45, 2.75) is 251 Å². The monoisotopic (exact) mass is 846 g/mol. The zero-order valence-corrected chi connectivity index (χ0v) is 39.9. The van der Waals surface area contributed by atoms with Crippen LogP contribution in [0.3, 0.4) is 0 Å². The van der Waals surface area contributed by atoms with Gasteiger partial charge in [-0.1, -0.05) is 219 Å². The van der Waals surface area contributed by atoms with Crippen molar-refractivity contribution < 1.29 is 42.1 Å². The van der Waals surface area contributed by atoms with Crippen molar-refractivity contribution in [2.24, 2.45) is 0 Å². The smallest absolute Gasteiger partial charge is 0.306 e. The van der Waals surface area contributed by atoms with Crippen molar-refractivity contribution in [3.05, 3.63) is 0 Å². The van der Waals surface area contributed by atoms with Crippen LogP contribution in [0.25, 0.3) is 0 Å². The number of esters is 2. The highest BCUT2D eigenvalue weighted by Crippen LogP contribution is 2.38. The van der Waals surface area contributed by atoms with Gasteiger partial charge in [0.05, 0.1) is 27.7 Å². The molecule has 0 aliphatic carbocycles. The Balaban J connectivity index is 4.21. The number of hydrogen-bond donors (Lipinski definition) is 0. The Hall–Kier alpha value is -0.990. The minimum absolute atomic E-state index is 0.0254. The maximum absolute atomic E-state index is 12.7. The highest BCUT2D eigenvalue weighted by molar-refractivity contribution is 7.45. The molecule has 2 atom stereocenters. The summed E-state index contributed by atoms with van der Waals surface area (Å²) in [7, 11) is 1.18. The van der Waals surface area contributed by atoms with Gasteiger partial charge in [0.15, 0.2) is 6.10 Å².